The van der Waals surface area contributed by atoms with E-state index >= 15 is 0 Å². The van der Waals surface area contributed by atoms with Gasteiger partial charge in [0.1, 0.15) is 6.33 Å². The summed E-state index contributed by atoms with van der Waals surface area (Å²) in [6.45, 7) is 0. The fourth-order valence-corrected chi connectivity index (χ4v) is 1.01. The smallest absolute Gasteiger partial charge is 0.161 e. The molecular formula is C8H10Cl2N4. The van der Waals surface area contributed by atoms with Gasteiger partial charge in [-0.05, 0) is 12.1 Å². The Morgan fingerprint density at radius 3 is 2.57 bits per heavy atom. The normalized spacial score (nSPS) is 8.57. The fraction of sp³-hybridized carbons (Fsp3) is 0. The molecule has 0 atom stereocenters. The molecule has 6 heteroatoms. The molecule has 14 heavy (non-hydrogen) atoms. The third-order valence-electron chi connectivity index (χ3n) is 1.57. The molecule has 2 rings (SSSR count). The van der Waals surface area contributed by atoms with E-state index in [9.17, 15) is 0 Å². The summed E-state index contributed by atoms with van der Waals surface area (Å²) in [5, 5.41) is 0. The lowest BCUT2D eigenvalue weighted by Crippen LogP contribution is -1.99. The molecule has 0 aromatic carbocycles. The van der Waals surface area contributed by atoms with E-state index in [1.807, 2.05) is 6.07 Å². The molecule has 0 fully saturated rings. The molecule has 0 aliphatic rings. The van der Waals surface area contributed by atoms with E-state index in [1.54, 1.807) is 35.6 Å². The van der Waals surface area contributed by atoms with Crippen molar-refractivity contribution in [3.8, 4) is 5.82 Å². The minimum absolute atomic E-state index is 0. The average molecular weight is 233 g/mol. The minimum atomic E-state index is 0. The van der Waals surface area contributed by atoms with Gasteiger partial charge in [0.15, 0.2) is 5.82 Å². The Labute approximate surface area is 94.0 Å². The van der Waals surface area contributed by atoms with E-state index in [-0.39, 0.29) is 24.8 Å². The maximum atomic E-state index is 5.70. The third-order valence-corrected chi connectivity index (χ3v) is 1.57. The molecule has 0 spiro atoms. The lowest BCUT2D eigenvalue weighted by atomic mass is 10.4. The van der Waals surface area contributed by atoms with Crippen LogP contribution in [0.5, 0.6) is 0 Å². The highest BCUT2D eigenvalue weighted by Crippen LogP contribution is 2.11. The second-order valence-corrected chi connectivity index (χ2v) is 2.39. The van der Waals surface area contributed by atoms with Crippen LogP contribution in [0.2, 0.25) is 0 Å². The van der Waals surface area contributed by atoms with Crippen molar-refractivity contribution < 1.29 is 0 Å². The summed E-state index contributed by atoms with van der Waals surface area (Å²) in [6, 6.07) is 3.61. The van der Waals surface area contributed by atoms with Crippen LogP contribution in [-0.2, 0) is 0 Å². The molecule has 2 aromatic heterocycles. The van der Waals surface area contributed by atoms with Gasteiger partial charge < -0.3 is 5.73 Å². The van der Waals surface area contributed by atoms with Crippen LogP contribution in [0.15, 0.2) is 37.1 Å². The summed E-state index contributed by atoms with van der Waals surface area (Å²) in [6.07, 6.45) is 6.86. The van der Waals surface area contributed by atoms with Gasteiger partial charge in [-0.1, -0.05) is 0 Å². The number of nitrogen functional groups attached to an aromatic ring is 1. The maximum absolute atomic E-state index is 5.70. The highest BCUT2D eigenvalue weighted by atomic mass is 35.5. The van der Waals surface area contributed by atoms with E-state index < -0.39 is 0 Å². The van der Waals surface area contributed by atoms with Crippen LogP contribution in [0.25, 0.3) is 5.82 Å². The highest BCUT2D eigenvalue weighted by Gasteiger charge is 1.99. The van der Waals surface area contributed by atoms with Crippen LogP contribution < -0.4 is 5.73 Å². The largest absolute Gasteiger partial charge is 0.396 e. The molecule has 2 N–H and O–H groups in total. The van der Waals surface area contributed by atoms with Crippen LogP contribution >= 0.6 is 24.8 Å². The quantitative estimate of drug-likeness (QED) is 0.815. The monoisotopic (exact) mass is 232 g/mol. The third kappa shape index (κ3) is 2.37. The number of anilines is 1. The number of hydrogen-bond donors (Lipinski definition) is 1. The van der Waals surface area contributed by atoms with Gasteiger partial charge in [0.05, 0.1) is 5.69 Å². The van der Waals surface area contributed by atoms with Gasteiger partial charge in [-0.2, -0.15) is 0 Å². The first-order chi connectivity index (χ1) is 5.88. The SMILES string of the molecule is Cl.Cl.Nc1cccnc1-n1ccnc1. The van der Waals surface area contributed by atoms with Crippen molar-refractivity contribution in [2.45, 2.75) is 0 Å². The van der Waals surface area contributed by atoms with Crippen molar-refractivity contribution in [3.05, 3.63) is 37.1 Å². The Morgan fingerprint density at radius 2 is 2.00 bits per heavy atom. The van der Waals surface area contributed by atoms with Gasteiger partial charge in [-0.3, -0.25) is 4.57 Å². The Kier molecular flexibility index (Phi) is 4.97. The molecule has 0 saturated carbocycles. The summed E-state index contributed by atoms with van der Waals surface area (Å²) in [4.78, 5) is 8.03. The summed E-state index contributed by atoms with van der Waals surface area (Å²) in [5.41, 5.74) is 6.35. The van der Waals surface area contributed by atoms with Crippen LogP contribution in [0.1, 0.15) is 0 Å². The lowest BCUT2D eigenvalue weighted by molar-refractivity contribution is 0.997. The zero-order chi connectivity index (χ0) is 8.39. The Balaban J connectivity index is 0.000000845. The first-order valence-corrected chi connectivity index (χ1v) is 3.57. The number of rotatable bonds is 1. The molecule has 76 valence electrons. The van der Waals surface area contributed by atoms with E-state index in [0.717, 1.165) is 5.82 Å². The number of hydrogen-bond acceptors (Lipinski definition) is 3. The van der Waals surface area contributed by atoms with Crippen LogP contribution in [0.4, 0.5) is 5.69 Å². The van der Waals surface area contributed by atoms with Crippen LogP contribution in [0.3, 0.4) is 0 Å². The predicted octanol–water partition coefficient (Wildman–Crippen LogP) is 1.69. The van der Waals surface area contributed by atoms with E-state index in [4.69, 9.17) is 5.73 Å². The maximum Gasteiger partial charge on any atom is 0.161 e. The standard InChI is InChI=1S/C8H8N4.2ClH/c9-7-2-1-3-11-8(7)12-5-4-10-6-12;;/h1-6H,9H2;2*1H. The summed E-state index contributed by atoms with van der Waals surface area (Å²) >= 11 is 0. The first-order valence-electron chi connectivity index (χ1n) is 3.57. The van der Waals surface area contributed by atoms with Crippen molar-refractivity contribution in [2.75, 3.05) is 5.73 Å². The molecule has 0 radical (unpaired) electrons. The molecule has 0 saturated heterocycles. The molecule has 4 nitrogen and oxygen atoms in total. The number of pyridine rings is 1. The topological polar surface area (TPSA) is 56.7 Å². The van der Waals surface area contributed by atoms with Gasteiger partial charge in [-0.15, -0.1) is 24.8 Å². The predicted molar refractivity (Wildman–Crippen MR) is 60.3 cm³/mol. The molecule has 2 aromatic rings. The summed E-state index contributed by atoms with van der Waals surface area (Å²) < 4.78 is 1.77. The van der Waals surface area contributed by atoms with Crippen molar-refractivity contribution in [3.63, 3.8) is 0 Å². The molecule has 2 heterocycles. The van der Waals surface area contributed by atoms with Crippen molar-refractivity contribution in [1.29, 1.82) is 0 Å². The number of nitrogens with zero attached hydrogens (tertiary/aromatic N) is 3. The Morgan fingerprint density at radius 1 is 1.21 bits per heavy atom. The molecule has 0 amide bonds. The van der Waals surface area contributed by atoms with E-state index in [0.29, 0.717) is 5.69 Å². The zero-order valence-electron chi connectivity index (χ0n) is 7.20. The molecule has 0 bridgehead atoms. The second kappa shape index (κ2) is 5.47. The number of imidazole rings is 1. The number of nitrogens with two attached hydrogens (primary N) is 1. The Bertz CT molecular complexity index is 375. The molecule has 0 unspecified atom stereocenters. The number of halogens is 2. The van der Waals surface area contributed by atoms with Crippen LogP contribution in [-0.4, -0.2) is 14.5 Å². The van der Waals surface area contributed by atoms with Gasteiger partial charge in [0, 0.05) is 18.6 Å². The summed E-state index contributed by atoms with van der Waals surface area (Å²) in [5.74, 6) is 0.718. The average Bonchev–Trinajstić information content (AvgIpc) is 2.57. The first kappa shape index (κ1) is 12.7. The zero-order valence-corrected chi connectivity index (χ0v) is 8.83. The number of aromatic nitrogens is 3. The molecular weight excluding hydrogens is 223 g/mol. The Hall–Kier alpha value is -1.26. The van der Waals surface area contributed by atoms with Crippen LogP contribution in [0, 0.1) is 0 Å². The van der Waals surface area contributed by atoms with Crippen molar-refractivity contribution in [1.82, 2.24) is 14.5 Å². The van der Waals surface area contributed by atoms with Gasteiger partial charge >= 0.3 is 0 Å². The molecule has 0 aliphatic heterocycles. The van der Waals surface area contributed by atoms with Gasteiger partial charge in [-0.25, -0.2) is 9.97 Å². The highest BCUT2D eigenvalue weighted by molar-refractivity contribution is 5.85. The second-order valence-electron chi connectivity index (χ2n) is 2.39. The fourth-order valence-electron chi connectivity index (χ4n) is 1.01. The van der Waals surface area contributed by atoms with Gasteiger partial charge in [0.25, 0.3) is 0 Å². The minimum Gasteiger partial charge on any atom is -0.396 e. The van der Waals surface area contributed by atoms with E-state index in [2.05, 4.69) is 9.97 Å². The molecule has 0 aliphatic carbocycles. The van der Waals surface area contributed by atoms with Gasteiger partial charge in [0.2, 0.25) is 0 Å². The summed E-state index contributed by atoms with van der Waals surface area (Å²) in [7, 11) is 0. The lowest BCUT2D eigenvalue weighted by Gasteiger charge is -2.02. The van der Waals surface area contributed by atoms with Crippen molar-refractivity contribution >= 4 is 30.5 Å². The van der Waals surface area contributed by atoms with E-state index in [1.165, 1.54) is 0 Å². The van der Waals surface area contributed by atoms with Crippen molar-refractivity contribution in [2.24, 2.45) is 0 Å².